The van der Waals surface area contributed by atoms with Crippen molar-refractivity contribution in [1.82, 2.24) is 14.8 Å². The Morgan fingerprint density at radius 1 is 1.39 bits per heavy atom. The molecule has 0 amide bonds. The van der Waals surface area contributed by atoms with Gasteiger partial charge in [0.25, 0.3) is 0 Å². The summed E-state index contributed by atoms with van der Waals surface area (Å²) >= 11 is 1.30. The van der Waals surface area contributed by atoms with Gasteiger partial charge in [0.2, 0.25) is 5.82 Å². The van der Waals surface area contributed by atoms with E-state index in [1.54, 1.807) is 6.92 Å². The van der Waals surface area contributed by atoms with Crippen molar-refractivity contribution in [2.24, 2.45) is 0 Å². The van der Waals surface area contributed by atoms with E-state index in [1.807, 2.05) is 0 Å². The number of carboxylic acids is 1. The highest BCUT2D eigenvalue weighted by atomic mass is 32.1. The molecule has 2 aromatic heterocycles. The van der Waals surface area contributed by atoms with Crippen LogP contribution in [0.25, 0.3) is 5.00 Å². The van der Waals surface area contributed by atoms with Gasteiger partial charge in [-0.1, -0.05) is 0 Å². The number of thiophene rings is 1. The summed E-state index contributed by atoms with van der Waals surface area (Å²) < 4.78 is 6.05. The highest BCUT2D eigenvalue weighted by molar-refractivity contribution is 7.15. The van der Waals surface area contributed by atoms with Gasteiger partial charge >= 0.3 is 17.6 Å². The number of nitrogens with one attached hydrogen (secondary N) is 1. The number of hydrogen-bond donors (Lipinski definition) is 2. The number of ether oxygens (including phenoxy) is 1. The third-order valence-electron chi connectivity index (χ3n) is 3.64. The van der Waals surface area contributed by atoms with Gasteiger partial charge in [0, 0.05) is 4.88 Å². The first kappa shape index (κ1) is 15.5. The molecule has 23 heavy (non-hydrogen) atoms. The first-order chi connectivity index (χ1) is 11.0. The molecule has 2 heterocycles. The number of aromatic nitrogens is 3. The lowest BCUT2D eigenvalue weighted by molar-refractivity contribution is 0.0525. The van der Waals surface area contributed by atoms with E-state index < -0.39 is 23.5 Å². The van der Waals surface area contributed by atoms with Crippen molar-refractivity contribution < 1.29 is 19.4 Å². The van der Waals surface area contributed by atoms with Crippen molar-refractivity contribution >= 4 is 23.3 Å². The zero-order valence-electron chi connectivity index (χ0n) is 12.4. The second-order valence-electron chi connectivity index (χ2n) is 5.11. The zero-order valence-corrected chi connectivity index (χ0v) is 13.2. The summed E-state index contributed by atoms with van der Waals surface area (Å²) in [5.74, 6) is -2.30. The van der Waals surface area contributed by atoms with E-state index in [-0.39, 0.29) is 6.61 Å². The van der Waals surface area contributed by atoms with Crippen molar-refractivity contribution in [2.45, 2.75) is 32.6 Å². The fourth-order valence-electron chi connectivity index (χ4n) is 2.67. The number of H-pyrrole nitrogens is 1. The number of aromatic carboxylic acids is 1. The average Bonchev–Trinajstić information content (AvgIpc) is 3.07. The normalized spacial score (nSPS) is 13.6. The first-order valence-corrected chi connectivity index (χ1v) is 8.09. The van der Waals surface area contributed by atoms with Crippen LogP contribution in [0.15, 0.2) is 4.79 Å². The molecule has 0 spiro atoms. The third kappa shape index (κ3) is 2.67. The summed E-state index contributed by atoms with van der Waals surface area (Å²) in [5, 5.41) is 13.1. The lowest BCUT2D eigenvalue weighted by Gasteiger charge is -2.12. The minimum atomic E-state index is -1.33. The molecule has 122 valence electrons. The highest BCUT2D eigenvalue weighted by Crippen LogP contribution is 2.36. The highest BCUT2D eigenvalue weighted by Gasteiger charge is 2.29. The van der Waals surface area contributed by atoms with Crippen LogP contribution in [0.2, 0.25) is 0 Å². The Balaban J connectivity index is 2.19. The Hall–Kier alpha value is -2.42. The fourth-order valence-corrected chi connectivity index (χ4v) is 4.00. The lowest BCUT2D eigenvalue weighted by Crippen LogP contribution is -2.19. The molecule has 2 N–H and O–H groups in total. The summed E-state index contributed by atoms with van der Waals surface area (Å²) in [6, 6.07) is 0. The first-order valence-electron chi connectivity index (χ1n) is 7.27. The second-order valence-corrected chi connectivity index (χ2v) is 6.19. The molecule has 2 aromatic rings. The van der Waals surface area contributed by atoms with Gasteiger partial charge in [-0.05, 0) is 38.2 Å². The molecule has 0 aliphatic heterocycles. The number of carbonyl (C=O) groups excluding carboxylic acids is 1. The van der Waals surface area contributed by atoms with Crippen molar-refractivity contribution in [1.29, 1.82) is 0 Å². The number of fused-ring (bicyclic) bond motifs is 1. The second kappa shape index (κ2) is 5.99. The standard InChI is InChI=1S/C14H15N3O5S/c1-2-22-13(20)9-7-5-3-4-6-8(7)23-11(9)17-14(21)15-10(16-17)12(18)19/h2-6H2,1H3,(H,18,19)(H,15,16,21). The van der Waals surface area contributed by atoms with Crippen LogP contribution in [-0.4, -0.2) is 38.4 Å². The molecule has 9 heteroatoms. The van der Waals surface area contributed by atoms with Crippen molar-refractivity contribution in [3.8, 4) is 5.00 Å². The lowest BCUT2D eigenvalue weighted by atomic mass is 9.95. The number of carbonyl (C=O) groups is 2. The smallest absolute Gasteiger partial charge is 0.373 e. The zero-order chi connectivity index (χ0) is 16.6. The summed E-state index contributed by atoms with van der Waals surface area (Å²) in [6.07, 6.45) is 3.55. The number of carboxylic acid groups (broad SMARTS) is 1. The number of hydrogen-bond acceptors (Lipinski definition) is 6. The van der Waals surface area contributed by atoms with E-state index in [2.05, 4.69) is 10.1 Å². The Morgan fingerprint density at radius 3 is 2.78 bits per heavy atom. The molecular weight excluding hydrogens is 322 g/mol. The van der Waals surface area contributed by atoms with E-state index >= 15 is 0 Å². The summed E-state index contributed by atoms with van der Waals surface area (Å²) in [6.45, 7) is 1.93. The minimum absolute atomic E-state index is 0.221. The molecule has 0 unspecified atom stereocenters. The SMILES string of the molecule is CCOC(=O)c1c(-n2nc(C(=O)O)[nH]c2=O)sc2c1CCCC2. The van der Waals surface area contributed by atoms with Crippen LogP contribution in [0, 0.1) is 0 Å². The van der Waals surface area contributed by atoms with Crippen LogP contribution in [-0.2, 0) is 17.6 Å². The maximum Gasteiger partial charge on any atom is 0.373 e. The number of aromatic amines is 1. The van der Waals surface area contributed by atoms with Gasteiger partial charge in [-0.25, -0.2) is 14.4 Å². The molecule has 0 fully saturated rings. The topological polar surface area (TPSA) is 114 Å². The third-order valence-corrected chi connectivity index (χ3v) is 4.91. The summed E-state index contributed by atoms with van der Waals surface area (Å²) in [5.41, 5.74) is 0.533. The van der Waals surface area contributed by atoms with Crippen molar-refractivity contribution in [2.75, 3.05) is 6.61 Å². The maximum atomic E-state index is 12.3. The van der Waals surface area contributed by atoms with Gasteiger partial charge in [0.15, 0.2) is 0 Å². The van der Waals surface area contributed by atoms with E-state index in [9.17, 15) is 14.4 Å². The summed E-state index contributed by atoms with van der Waals surface area (Å²) in [7, 11) is 0. The molecule has 0 bridgehead atoms. The molecule has 0 radical (unpaired) electrons. The summed E-state index contributed by atoms with van der Waals surface area (Å²) in [4.78, 5) is 38.5. The molecular formula is C14H15N3O5S. The van der Waals surface area contributed by atoms with E-state index in [1.165, 1.54) is 11.3 Å². The van der Waals surface area contributed by atoms with Gasteiger partial charge in [-0.2, -0.15) is 4.68 Å². The monoisotopic (exact) mass is 337 g/mol. The molecule has 0 atom stereocenters. The van der Waals surface area contributed by atoms with Crippen molar-refractivity contribution in [3.05, 3.63) is 32.3 Å². The Labute approximate surface area is 134 Å². The number of esters is 1. The predicted octanol–water partition coefficient (Wildman–Crippen LogP) is 1.38. The van der Waals surface area contributed by atoms with Crippen LogP contribution in [0.4, 0.5) is 0 Å². The molecule has 1 aliphatic carbocycles. The Kier molecular flexibility index (Phi) is 4.03. The molecule has 8 nitrogen and oxygen atoms in total. The number of nitrogens with zero attached hydrogens (tertiary/aromatic N) is 2. The molecule has 1 aliphatic rings. The van der Waals surface area contributed by atoms with Crippen LogP contribution in [0.3, 0.4) is 0 Å². The van der Waals surface area contributed by atoms with Crippen LogP contribution < -0.4 is 5.69 Å². The maximum absolute atomic E-state index is 12.3. The van der Waals surface area contributed by atoms with Crippen LogP contribution >= 0.6 is 11.3 Å². The van der Waals surface area contributed by atoms with Gasteiger partial charge in [-0.3, -0.25) is 4.98 Å². The predicted molar refractivity (Wildman–Crippen MR) is 81.6 cm³/mol. The van der Waals surface area contributed by atoms with Gasteiger partial charge in [0.1, 0.15) is 10.6 Å². The molecule has 3 rings (SSSR count). The molecule has 0 saturated carbocycles. The Morgan fingerprint density at radius 2 is 2.13 bits per heavy atom. The average molecular weight is 337 g/mol. The fraction of sp³-hybridized carbons (Fsp3) is 0.429. The van der Waals surface area contributed by atoms with Crippen LogP contribution in [0.5, 0.6) is 0 Å². The quantitative estimate of drug-likeness (QED) is 0.815. The van der Waals surface area contributed by atoms with Gasteiger partial charge < -0.3 is 9.84 Å². The largest absolute Gasteiger partial charge is 0.475 e. The molecule has 0 saturated heterocycles. The number of rotatable bonds is 4. The van der Waals surface area contributed by atoms with Crippen LogP contribution in [0.1, 0.15) is 51.2 Å². The Bertz CT molecular complexity index is 832. The van der Waals surface area contributed by atoms with E-state index in [4.69, 9.17) is 9.84 Å². The minimum Gasteiger partial charge on any atom is -0.475 e. The van der Waals surface area contributed by atoms with E-state index in [0.29, 0.717) is 10.6 Å². The van der Waals surface area contributed by atoms with E-state index in [0.717, 1.165) is 40.8 Å². The van der Waals surface area contributed by atoms with Gasteiger partial charge in [-0.15, -0.1) is 16.4 Å². The number of aryl methyl sites for hydroxylation is 1. The van der Waals surface area contributed by atoms with Gasteiger partial charge in [0.05, 0.1) is 6.61 Å². The van der Waals surface area contributed by atoms with Crippen molar-refractivity contribution in [3.63, 3.8) is 0 Å². The molecule has 0 aromatic carbocycles.